The summed E-state index contributed by atoms with van der Waals surface area (Å²) in [4.78, 5) is 23.4. The van der Waals surface area contributed by atoms with E-state index in [1.807, 2.05) is 6.08 Å². The fourth-order valence-electron chi connectivity index (χ4n) is 3.37. The summed E-state index contributed by atoms with van der Waals surface area (Å²) in [6, 6.07) is 14.0. The zero-order valence-electron chi connectivity index (χ0n) is 21.1. The average molecular weight is 495 g/mol. The van der Waals surface area contributed by atoms with Gasteiger partial charge in [-0.3, -0.25) is 0 Å². The van der Waals surface area contributed by atoms with Crippen molar-refractivity contribution in [3.8, 4) is 17.2 Å². The van der Waals surface area contributed by atoms with Crippen molar-refractivity contribution < 1.29 is 28.5 Å². The van der Waals surface area contributed by atoms with Crippen LogP contribution in [-0.4, -0.2) is 31.8 Å². The summed E-state index contributed by atoms with van der Waals surface area (Å²) >= 11 is 0. The van der Waals surface area contributed by atoms with Crippen molar-refractivity contribution in [2.24, 2.45) is 0 Å². The summed E-state index contributed by atoms with van der Waals surface area (Å²) in [5, 5.41) is 0. The van der Waals surface area contributed by atoms with Crippen LogP contribution < -0.4 is 14.2 Å². The highest BCUT2D eigenvalue weighted by molar-refractivity contribution is 5.91. The van der Waals surface area contributed by atoms with Gasteiger partial charge in [-0.2, -0.15) is 0 Å². The van der Waals surface area contributed by atoms with E-state index in [0.29, 0.717) is 31.1 Å². The summed E-state index contributed by atoms with van der Waals surface area (Å²) < 4.78 is 21.9. The minimum absolute atomic E-state index is 0.382. The summed E-state index contributed by atoms with van der Waals surface area (Å²) in [6.07, 6.45) is 12.4. The molecule has 2 aromatic carbocycles. The second-order valence-corrected chi connectivity index (χ2v) is 8.36. The maximum atomic E-state index is 12.4. The first-order chi connectivity index (χ1) is 17.6. The van der Waals surface area contributed by atoms with Gasteiger partial charge in [0, 0.05) is 6.08 Å². The van der Waals surface area contributed by atoms with Gasteiger partial charge >= 0.3 is 11.9 Å². The van der Waals surface area contributed by atoms with E-state index in [1.54, 1.807) is 48.5 Å². The first-order valence-electron chi connectivity index (χ1n) is 12.7. The monoisotopic (exact) mass is 494 g/mol. The van der Waals surface area contributed by atoms with E-state index in [-0.39, 0.29) is 5.97 Å². The Labute approximate surface area is 214 Å². The number of allylic oxidation sites excluding steroid dienone is 1. The molecule has 0 saturated heterocycles. The third-order valence-electron chi connectivity index (χ3n) is 5.41. The van der Waals surface area contributed by atoms with Crippen molar-refractivity contribution in [1.29, 1.82) is 0 Å². The van der Waals surface area contributed by atoms with Crippen LogP contribution in [-0.2, 0) is 9.53 Å². The van der Waals surface area contributed by atoms with Gasteiger partial charge in [-0.05, 0) is 93.5 Å². The van der Waals surface area contributed by atoms with Crippen molar-refractivity contribution in [3.05, 3.63) is 79.4 Å². The van der Waals surface area contributed by atoms with E-state index in [4.69, 9.17) is 18.9 Å². The van der Waals surface area contributed by atoms with E-state index < -0.39 is 5.97 Å². The van der Waals surface area contributed by atoms with Gasteiger partial charge in [0.2, 0.25) is 0 Å². The Bertz CT molecular complexity index is 917. The average Bonchev–Trinajstić information content (AvgIpc) is 2.90. The molecule has 0 spiro atoms. The molecule has 0 aliphatic carbocycles. The van der Waals surface area contributed by atoms with Crippen LogP contribution in [0.2, 0.25) is 0 Å². The van der Waals surface area contributed by atoms with Crippen LogP contribution in [0.1, 0.15) is 68.1 Å². The first kappa shape index (κ1) is 28.7. The highest BCUT2D eigenvalue weighted by Gasteiger charge is 2.09. The van der Waals surface area contributed by atoms with Crippen LogP contribution >= 0.6 is 0 Å². The maximum Gasteiger partial charge on any atom is 0.343 e. The molecule has 0 bridgehead atoms. The summed E-state index contributed by atoms with van der Waals surface area (Å²) in [6.45, 7) is 8.77. The molecule has 0 aliphatic heterocycles. The van der Waals surface area contributed by atoms with Gasteiger partial charge in [-0.1, -0.05) is 25.5 Å². The van der Waals surface area contributed by atoms with Crippen LogP contribution in [0.15, 0.2) is 73.8 Å². The molecule has 0 atom stereocenters. The predicted molar refractivity (Wildman–Crippen MR) is 142 cm³/mol. The number of carbonyl (C=O) groups excluding carboxylic acids is 2. The lowest BCUT2D eigenvalue weighted by molar-refractivity contribution is -0.137. The molecule has 0 fully saturated rings. The molecule has 0 N–H and O–H groups in total. The molecule has 0 unspecified atom stereocenters. The molecule has 0 amide bonds. The van der Waals surface area contributed by atoms with E-state index >= 15 is 0 Å². The molecule has 0 heterocycles. The van der Waals surface area contributed by atoms with Crippen molar-refractivity contribution in [2.75, 3.05) is 19.8 Å². The highest BCUT2D eigenvalue weighted by Crippen LogP contribution is 2.20. The second kappa shape index (κ2) is 17.8. The van der Waals surface area contributed by atoms with Crippen LogP contribution in [0.4, 0.5) is 0 Å². The Hall–Kier alpha value is -3.54. The summed E-state index contributed by atoms with van der Waals surface area (Å²) in [7, 11) is 0. The number of ether oxygens (including phenoxy) is 4. The molecule has 2 aromatic rings. The minimum atomic E-state index is -0.420. The van der Waals surface area contributed by atoms with Crippen LogP contribution in [0, 0.1) is 0 Å². The van der Waals surface area contributed by atoms with Gasteiger partial charge in [0.05, 0.1) is 25.4 Å². The highest BCUT2D eigenvalue weighted by atomic mass is 16.5. The Morgan fingerprint density at radius 1 is 0.639 bits per heavy atom. The van der Waals surface area contributed by atoms with Crippen molar-refractivity contribution in [3.63, 3.8) is 0 Å². The molecule has 2 rings (SSSR count). The molecule has 194 valence electrons. The fraction of sp³-hybridized carbons (Fsp3) is 0.400. The molecule has 36 heavy (non-hydrogen) atoms. The van der Waals surface area contributed by atoms with E-state index in [9.17, 15) is 9.59 Å². The number of hydrogen-bond acceptors (Lipinski definition) is 6. The Kier molecular flexibility index (Phi) is 14.2. The Morgan fingerprint density at radius 2 is 1.14 bits per heavy atom. The van der Waals surface area contributed by atoms with Crippen molar-refractivity contribution in [2.45, 2.75) is 57.8 Å². The van der Waals surface area contributed by atoms with E-state index in [1.165, 1.54) is 18.9 Å². The number of rotatable bonds is 19. The quantitative estimate of drug-likeness (QED) is 0.0683. The zero-order chi connectivity index (χ0) is 25.8. The molecule has 0 aromatic heterocycles. The predicted octanol–water partition coefficient (Wildman–Crippen LogP) is 7.09. The van der Waals surface area contributed by atoms with Crippen LogP contribution in [0.5, 0.6) is 17.2 Å². The lowest BCUT2D eigenvalue weighted by Gasteiger charge is -2.09. The number of unbranched alkanes of at least 4 members (excludes halogenated alkanes) is 7. The third-order valence-corrected chi connectivity index (χ3v) is 5.41. The van der Waals surface area contributed by atoms with Crippen molar-refractivity contribution >= 4 is 11.9 Å². The summed E-state index contributed by atoms with van der Waals surface area (Å²) in [5.41, 5.74) is 0.464. The Morgan fingerprint density at radius 3 is 1.69 bits per heavy atom. The standard InChI is InChI=1S/C30H38O6/c1-3-5-6-7-8-11-22-33-26-16-14-25(15-17-26)30(32)36-28-20-18-27(19-21-28)34-23-12-9-10-13-24-35-29(31)4-2/h3-4,14-21H,1-2,5-13,22-24H2. The normalized spacial score (nSPS) is 10.3. The SMILES string of the molecule is C=CCCCCCCOc1ccc(C(=O)Oc2ccc(OCCCCCCOC(=O)C=C)cc2)cc1. The van der Waals surface area contributed by atoms with Gasteiger partial charge < -0.3 is 18.9 Å². The number of esters is 2. The number of carbonyl (C=O) groups is 2. The smallest absolute Gasteiger partial charge is 0.343 e. The molecule has 6 heteroatoms. The minimum Gasteiger partial charge on any atom is -0.494 e. The van der Waals surface area contributed by atoms with Crippen LogP contribution in [0.3, 0.4) is 0 Å². The maximum absolute atomic E-state index is 12.4. The summed E-state index contributed by atoms with van der Waals surface area (Å²) in [5.74, 6) is 1.12. The molecule has 0 saturated carbocycles. The van der Waals surface area contributed by atoms with Gasteiger partial charge in [-0.25, -0.2) is 9.59 Å². The third kappa shape index (κ3) is 12.2. The first-order valence-corrected chi connectivity index (χ1v) is 12.7. The molecular weight excluding hydrogens is 456 g/mol. The van der Waals surface area contributed by atoms with Gasteiger partial charge in [0.15, 0.2) is 0 Å². The lowest BCUT2D eigenvalue weighted by atomic mass is 10.1. The Balaban J connectivity index is 1.61. The molecule has 6 nitrogen and oxygen atoms in total. The zero-order valence-corrected chi connectivity index (χ0v) is 21.1. The van der Waals surface area contributed by atoms with Gasteiger partial charge in [0.1, 0.15) is 17.2 Å². The topological polar surface area (TPSA) is 71.1 Å². The second-order valence-electron chi connectivity index (χ2n) is 8.36. The molecular formula is C30H38O6. The van der Waals surface area contributed by atoms with Crippen molar-refractivity contribution in [1.82, 2.24) is 0 Å². The van der Waals surface area contributed by atoms with Gasteiger partial charge in [-0.15, -0.1) is 6.58 Å². The molecule has 0 radical (unpaired) electrons. The number of benzene rings is 2. The largest absolute Gasteiger partial charge is 0.494 e. The van der Waals surface area contributed by atoms with Gasteiger partial charge in [0.25, 0.3) is 0 Å². The van der Waals surface area contributed by atoms with Crippen LogP contribution in [0.25, 0.3) is 0 Å². The number of hydrogen-bond donors (Lipinski definition) is 0. The fourth-order valence-corrected chi connectivity index (χ4v) is 3.37. The van der Waals surface area contributed by atoms with E-state index in [0.717, 1.165) is 56.4 Å². The van der Waals surface area contributed by atoms with E-state index in [2.05, 4.69) is 13.2 Å². The molecule has 0 aliphatic rings. The lowest BCUT2D eigenvalue weighted by Crippen LogP contribution is -2.08.